The Morgan fingerprint density at radius 1 is 1.30 bits per heavy atom. The van der Waals surface area contributed by atoms with E-state index in [4.69, 9.17) is 23.2 Å². The maximum absolute atomic E-state index is 6.30. The smallest absolute Gasteiger partial charge is 0.0465 e. The highest BCUT2D eigenvalue weighted by molar-refractivity contribution is 6.35. The van der Waals surface area contributed by atoms with Gasteiger partial charge in [-0.3, -0.25) is 4.90 Å². The van der Waals surface area contributed by atoms with E-state index in [1.54, 1.807) is 0 Å². The summed E-state index contributed by atoms with van der Waals surface area (Å²) in [6.45, 7) is 6.42. The van der Waals surface area contributed by atoms with Crippen molar-refractivity contribution in [2.75, 3.05) is 19.6 Å². The molecule has 1 aliphatic rings. The summed E-state index contributed by atoms with van der Waals surface area (Å²) in [5, 5.41) is 5.12. The van der Waals surface area contributed by atoms with Crippen molar-refractivity contribution in [3.05, 3.63) is 33.8 Å². The SMILES string of the molecule is CCCCN(Cc1c(Cl)cccc1Cl)CC1CCCN1. The Morgan fingerprint density at radius 3 is 2.65 bits per heavy atom. The maximum atomic E-state index is 6.30. The van der Waals surface area contributed by atoms with Crippen LogP contribution in [0.1, 0.15) is 38.2 Å². The normalized spacial score (nSPS) is 18.9. The highest BCUT2D eigenvalue weighted by atomic mass is 35.5. The highest BCUT2D eigenvalue weighted by Crippen LogP contribution is 2.26. The summed E-state index contributed by atoms with van der Waals surface area (Å²) in [6.07, 6.45) is 5.00. The molecule has 1 saturated heterocycles. The fourth-order valence-corrected chi connectivity index (χ4v) is 3.26. The Hall–Kier alpha value is -0.280. The van der Waals surface area contributed by atoms with Crippen LogP contribution >= 0.6 is 23.2 Å². The number of halogens is 2. The van der Waals surface area contributed by atoms with Gasteiger partial charge in [-0.15, -0.1) is 0 Å². The second kappa shape index (κ2) is 8.23. The topological polar surface area (TPSA) is 15.3 Å². The van der Waals surface area contributed by atoms with Crippen molar-refractivity contribution < 1.29 is 0 Å². The van der Waals surface area contributed by atoms with Crippen LogP contribution in [-0.2, 0) is 6.54 Å². The van der Waals surface area contributed by atoms with Crippen LogP contribution in [-0.4, -0.2) is 30.6 Å². The van der Waals surface area contributed by atoms with Gasteiger partial charge < -0.3 is 5.32 Å². The van der Waals surface area contributed by atoms with Crippen molar-refractivity contribution in [2.24, 2.45) is 0 Å². The molecule has 1 aromatic rings. The zero-order valence-electron chi connectivity index (χ0n) is 12.2. The summed E-state index contributed by atoms with van der Waals surface area (Å²) in [6, 6.07) is 6.37. The van der Waals surface area contributed by atoms with Crippen LogP contribution in [0.25, 0.3) is 0 Å². The number of unbranched alkanes of at least 4 members (excludes halogenated alkanes) is 1. The fourth-order valence-electron chi connectivity index (χ4n) is 2.75. The van der Waals surface area contributed by atoms with Crippen LogP contribution in [0.2, 0.25) is 10.0 Å². The molecule has 0 aromatic heterocycles. The van der Waals surface area contributed by atoms with Crippen molar-refractivity contribution in [1.29, 1.82) is 0 Å². The summed E-state index contributed by atoms with van der Waals surface area (Å²) >= 11 is 12.6. The lowest BCUT2D eigenvalue weighted by Crippen LogP contribution is -2.37. The molecule has 0 radical (unpaired) electrons. The number of hydrogen-bond acceptors (Lipinski definition) is 2. The highest BCUT2D eigenvalue weighted by Gasteiger charge is 2.19. The zero-order chi connectivity index (χ0) is 14.4. The van der Waals surface area contributed by atoms with Crippen LogP contribution in [0.15, 0.2) is 18.2 Å². The predicted octanol–water partition coefficient (Wildman–Crippen LogP) is 4.35. The average Bonchev–Trinajstić information content (AvgIpc) is 2.93. The standard InChI is InChI=1S/C16H24Cl2N2/c1-2-3-10-20(11-13-6-5-9-19-13)12-14-15(17)7-4-8-16(14)18/h4,7-8,13,19H,2-3,5-6,9-12H2,1H3. The monoisotopic (exact) mass is 314 g/mol. The molecule has 1 aliphatic heterocycles. The minimum Gasteiger partial charge on any atom is -0.313 e. The van der Waals surface area contributed by atoms with E-state index in [1.165, 1.54) is 25.7 Å². The Morgan fingerprint density at radius 2 is 2.05 bits per heavy atom. The number of nitrogens with one attached hydrogen (secondary N) is 1. The molecular formula is C16H24Cl2N2. The summed E-state index contributed by atoms with van der Waals surface area (Å²) in [5.74, 6) is 0. The third kappa shape index (κ3) is 4.63. The quantitative estimate of drug-likeness (QED) is 0.805. The van der Waals surface area contributed by atoms with E-state index in [0.29, 0.717) is 6.04 Å². The lowest BCUT2D eigenvalue weighted by Gasteiger charge is -2.26. The molecule has 112 valence electrons. The van der Waals surface area contributed by atoms with Crippen LogP contribution in [0, 0.1) is 0 Å². The van der Waals surface area contributed by atoms with Gasteiger partial charge in [0.25, 0.3) is 0 Å². The van der Waals surface area contributed by atoms with Gasteiger partial charge in [0, 0.05) is 34.7 Å². The molecule has 4 heteroatoms. The van der Waals surface area contributed by atoms with Crippen LogP contribution in [0.3, 0.4) is 0 Å². The van der Waals surface area contributed by atoms with E-state index in [1.807, 2.05) is 18.2 Å². The minimum atomic E-state index is 0.619. The molecule has 2 rings (SSSR count). The molecule has 0 aliphatic carbocycles. The first-order valence-corrected chi connectivity index (χ1v) is 8.35. The van der Waals surface area contributed by atoms with E-state index in [2.05, 4.69) is 17.1 Å². The summed E-state index contributed by atoms with van der Waals surface area (Å²) < 4.78 is 0. The van der Waals surface area contributed by atoms with Crippen molar-refractivity contribution in [3.8, 4) is 0 Å². The maximum Gasteiger partial charge on any atom is 0.0465 e. The first-order valence-electron chi connectivity index (χ1n) is 7.59. The van der Waals surface area contributed by atoms with Gasteiger partial charge in [0.2, 0.25) is 0 Å². The molecule has 1 atom stereocenters. The Kier molecular flexibility index (Phi) is 6.63. The first-order chi connectivity index (χ1) is 9.70. The van der Waals surface area contributed by atoms with E-state index in [-0.39, 0.29) is 0 Å². The number of hydrogen-bond donors (Lipinski definition) is 1. The molecule has 1 unspecified atom stereocenters. The minimum absolute atomic E-state index is 0.619. The van der Waals surface area contributed by atoms with Gasteiger partial charge in [0.05, 0.1) is 0 Å². The molecule has 0 spiro atoms. The van der Waals surface area contributed by atoms with Gasteiger partial charge in [0.1, 0.15) is 0 Å². The van der Waals surface area contributed by atoms with Gasteiger partial charge >= 0.3 is 0 Å². The van der Waals surface area contributed by atoms with Crippen molar-refractivity contribution in [2.45, 2.75) is 45.2 Å². The lowest BCUT2D eigenvalue weighted by molar-refractivity contribution is 0.238. The molecule has 1 N–H and O–H groups in total. The van der Waals surface area contributed by atoms with Crippen LogP contribution < -0.4 is 5.32 Å². The molecule has 1 fully saturated rings. The average molecular weight is 315 g/mol. The van der Waals surface area contributed by atoms with Gasteiger partial charge in [-0.25, -0.2) is 0 Å². The van der Waals surface area contributed by atoms with Crippen molar-refractivity contribution in [1.82, 2.24) is 10.2 Å². The summed E-state index contributed by atoms with van der Waals surface area (Å²) in [7, 11) is 0. The predicted molar refractivity (Wildman–Crippen MR) is 87.7 cm³/mol. The third-order valence-corrected chi connectivity index (χ3v) is 4.62. The number of rotatable bonds is 7. The molecule has 0 amide bonds. The number of nitrogens with zero attached hydrogens (tertiary/aromatic N) is 1. The molecule has 0 bridgehead atoms. The first kappa shape index (κ1) is 16.1. The fraction of sp³-hybridized carbons (Fsp3) is 0.625. The van der Waals surface area contributed by atoms with Gasteiger partial charge in [0.15, 0.2) is 0 Å². The largest absolute Gasteiger partial charge is 0.313 e. The van der Waals surface area contributed by atoms with E-state index >= 15 is 0 Å². The zero-order valence-corrected chi connectivity index (χ0v) is 13.7. The second-order valence-electron chi connectivity index (χ2n) is 5.58. The van der Waals surface area contributed by atoms with Crippen LogP contribution in [0.4, 0.5) is 0 Å². The summed E-state index contributed by atoms with van der Waals surface area (Å²) in [5.41, 5.74) is 1.06. The molecule has 1 heterocycles. The molecule has 0 saturated carbocycles. The van der Waals surface area contributed by atoms with Crippen molar-refractivity contribution >= 4 is 23.2 Å². The van der Waals surface area contributed by atoms with Crippen molar-refractivity contribution in [3.63, 3.8) is 0 Å². The summed E-state index contributed by atoms with van der Waals surface area (Å²) in [4.78, 5) is 2.49. The van der Waals surface area contributed by atoms with Gasteiger partial charge in [-0.2, -0.15) is 0 Å². The van der Waals surface area contributed by atoms with Gasteiger partial charge in [-0.05, 0) is 44.5 Å². The van der Waals surface area contributed by atoms with Crippen LogP contribution in [0.5, 0.6) is 0 Å². The second-order valence-corrected chi connectivity index (χ2v) is 6.40. The van der Waals surface area contributed by atoms with E-state index in [9.17, 15) is 0 Å². The third-order valence-electron chi connectivity index (χ3n) is 3.91. The van der Waals surface area contributed by atoms with E-state index < -0.39 is 0 Å². The van der Waals surface area contributed by atoms with E-state index in [0.717, 1.165) is 41.8 Å². The molecule has 20 heavy (non-hydrogen) atoms. The Balaban J connectivity index is 2.01. The molecular weight excluding hydrogens is 291 g/mol. The lowest BCUT2D eigenvalue weighted by atomic mass is 10.1. The Labute approximate surface area is 132 Å². The molecule has 2 nitrogen and oxygen atoms in total. The van der Waals surface area contributed by atoms with Gasteiger partial charge in [-0.1, -0.05) is 42.6 Å². The number of benzene rings is 1. The molecule has 1 aromatic carbocycles. The Bertz CT molecular complexity index is 397.